The molecule has 0 bridgehead atoms. The molecule has 1 atom stereocenters. The molecule has 0 aromatic heterocycles. The number of nitrogens with one attached hydrogen (secondary N) is 3. The Morgan fingerprint density at radius 2 is 1.72 bits per heavy atom. The molecule has 2 saturated carbocycles. The minimum atomic E-state index is -0.156. The fraction of sp³-hybridized carbons (Fsp3) is 0.462. The summed E-state index contributed by atoms with van der Waals surface area (Å²) in [5, 5.41) is 9.04. The van der Waals surface area contributed by atoms with E-state index in [9.17, 15) is 9.59 Å². The summed E-state index contributed by atoms with van der Waals surface area (Å²) in [6.07, 6.45) is 6.73. The molecule has 1 unspecified atom stereocenters. The molecule has 2 aromatic rings. The van der Waals surface area contributed by atoms with Crippen LogP contribution in [0.15, 0.2) is 54.6 Å². The Morgan fingerprint density at radius 1 is 1.03 bits per heavy atom. The third-order valence-corrected chi connectivity index (χ3v) is 6.57. The average molecular weight is 436 g/mol. The van der Waals surface area contributed by atoms with Gasteiger partial charge in [0.15, 0.2) is 6.61 Å². The first kappa shape index (κ1) is 22.2. The number of hydrogen-bond donors (Lipinski definition) is 3. The van der Waals surface area contributed by atoms with Crippen LogP contribution in [0.4, 0.5) is 4.79 Å². The van der Waals surface area contributed by atoms with Gasteiger partial charge in [-0.1, -0.05) is 55.3 Å². The Morgan fingerprint density at radius 3 is 2.38 bits per heavy atom. The van der Waals surface area contributed by atoms with Crippen LogP contribution >= 0.6 is 0 Å². The summed E-state index contributed by atoms with van der Waals surface area (Å²) >= 11 is 0. The molecule has 6 nitrogen and oxygen atoms in total. The second kappa shape index (κ2) is 10.1. The lowest BCUT2D eigenvalue weighted by Gasteiger charge is -2.30. The van der Waals surface area contributed by atoms with Crippen LogP contribution < -0.4 is 20.7 Å². The first-order chi connectivity index (χ1) is 15.5. The highest BCUT2D eigenvalue weighted by Gasteiger charge is 2.35. The molecule has 2 aliphatic rings. The maximum atomic E-state index is 12.6. The van der Waals surface area contributed by atoms with Gasteiger partial charge in [-0.25, -0.2) is 4.79 Å². The summed E-state index contributed by atoms with van der Waals surface area (Å²) in [7, 11) is 0. The van der Waals surface area contributed by atoms with Gasteiger partial charge in [0.1, 0.15) is 5.75 Å². The molecule has 2 fully saturated rings. The van der Waals surface area contributed by atoms with Crippen molar-refractivity contribution in [1.29, 1.82) is 0 Å². The number of hydrogen-bond acceptors (Lipinski definition) is 3. The topological polar surface area (TPSA) is 79.5 Å². The summed E-state index contributed by atoms with van der Waals surface area (Å²) in [5.74, 6) is 0.557. The highest BCUT2D eigenvalue weighted by atomic mass is 16.5. The lowest BCUT2D eigenvalue weighted by molar-refractivity contribution is -0.123. The van der Waals surface area contributed by atoms with Crippen molar-refractivity contribution in [2.75, 3.05) is 13.2 Å². The molecule has 170 valence electrons. The molecule has 0 radical (unpaired) electrons. The Bertz CT molecular complexity index is 904. The van der Waals surface area contributed by atoms with Gasteiger partial charge < -0.3 is 20.7 Å². The summed E-state index contributed by atoms with van der Waals surface area (Å²) in [4.78, 5) is 24.3. The normalized spacial score (nSPS) is 17.9. The van der Waals surface area contributed by atoms with Gasteiger partial charge in [0.05, 0.1) is 6.04 Å². The van der Waals surface area contributed by atoms with Crippen molar-refractivity contribution in [2.45, 2.75) is 62.9 Å². The molecule has 0 heterocycles. The smallest absolute Gasteiger partial charge is 0.315 e. The zero-order valence-electron chi connectivity index (χ0n) is 18.7. The van der Waals surface area contributed by atoms with Crippen LogP contribution in [0.3, 0.4) is 0 Å². The van der Waals surface area contributed by atoms with Gasteiger partial charge in [0, 0.05) is 18.0 Å². The fourth-order valence-corrected chi connectivity index (χ4v) is 4.49. The maximum Gasteiger partial charge on any atom is 0.315 e. The van der Waals surface area contributed by atoms with E-state index in [-0.39, 0.29) is 30.0 Å². The van der Waals surface area contributed by atoms with E-state index in [1.54, 1.807) is 0 Å². The van der Waals surface area contributed by atoms with Gasteiger partial charge in [-0.3, -0.25) is 4.79 Å². The van der Waals surface area contributed by atoms with Crippen molar-refractivity contribution in [3.05, 3.63) is 65.7 Å². The number of benzene rings is 2. The van der Waals surface area contributed by atoms with E-state index in [1.165, 1.54) is 18.4 Å². The minimum Gasteiger partial charge on any atom is -0.484 e. The van der Waals surface area contributed by atoms with Crippen LogP contribution in [0, 0.1) is 0 Å². The number of amides is 3. The van der Waals surface area contributed by atoms with Gasteiger partial charge in [-0.05, 0) is 55.9 Å². The number of ether oxygens (including phenoxy) is 1. The molecule has 2 aromatic carbocycles. The standard InChI is InChI=1S/C26H33N3O3/c1-19(20-9-13-23(14-10-20)32-17-24(30)29-22-11-12-22)28-25(31)27-18-26(15-5-6-16-26)21-7-3-2-4-8-21/h2-4,7-10,13-14,19,22H,5-6,11-12,15-18H2,1H3,(H,29,30)(H2,27,28,31). The van der Waals surface area contributed by atoms with Crippen LogP contribution in [0.2, 0.25) is 0 Å². The Kier molecular flexibility index (Phi) is 6.98. The third kappa shape index (κ3) is 5.81. The zero-order chi connectivity index (χ0) is 22.4. The summed E-state index contributed by atoms with van der Waals surface area (Å²) < 4.78 is 5.55. The molecule has 2 aliphatic carbocycles. The molecule has 32 heavy (non-hydrogen) atoms. The molecular formula is C26H33N3O3. The van der Waals surface area contributed by atoms with Gasteiger partial charge in [-0.2, -0.15) is 0 Å². The van der Waals surface area contributed by atoms with Crippen LogP contribution in [0.1, 0.15) is 62.6 Å². The van der Waals surface area contributed by atoms with E-state index in [0.29, 0.717) is 18.3 Å². The molecular weight excluding hydrogens is 402 g/mol. The second-order valence-corrected chi connectivity index (χ2v) is 9.10. The SMILES string of the molecule is CC(NC(=O)NCC1(c2ccccc2)CCCC1)c1ccc(OCC(=O)NC2CC2)cc1. The molecule has 4 rings (SSSR count). The Labute approximate surface area is 190 Å². The number of rotatable bonds is 9. The van der Waals surface area contributed by atoms with E-state index in [0.717, 1.165) is 31.2 Å². The van der Waals surface area contributed by atoms with Crippen LogP contribution in [0.25, 0.3) is 0 Å². The summed E-state index contributed by atoms with van der Waals surface area (Å²) in [6.45, 7) is 2.63. The summed E-state index contributed by atoms with van der Waals surface area (Å²) in [5.41, 5.74) is 2.33. The van der Waals surface area contributed by atoms with E-state index < -0.39 is 0 Å². The highest BCUT2D eigenvalue weighted by molar-refractivity contribution is 5.78. The van der Waals surface area contributed by atoms with Crippen LogP contribution in [-0.4, -0.2) is 31.1 Å². The van der Waals surface area contributed by atoms with Gasteiger partial charge in [-0.15, -0.1) is 0 Å². The second-order valence-electron chi connectivity index (χ2n) is 9.10. The van der Waals surface area contributed by atoms with Crippen molar-refractivity contribution in [1.82, 2.24) is 16.0 Å². The van der Waals surface area contributed by atoms with E-state index >= 15 is 0 Å². The first-order valence-corrected chi connectivity index (χ1v) is 11.7. The molecule has 3 amide bonds. The molecule has 3 N–H and O–H groups in total. The lowest BCUT2D eigenvalue weighted by atomic mass is 9.79. The van der Waals surface area contributed by atoms with Crippen LogP contribution in [-0.2, 0) is 10.2 Å². The van der Waals surface area contributed by atoms with Gasteiger partial charge in [0.2, 0.25) is 0 Å². The number of carbonyl (C=O) groups excluding carboxylic acids is 2. The monoisotopic (exact) mass is 435 g/mol. The minimum absolute atomic E-state index is 0.0230. The van der Waals surface area contributed by atoms with E-state index in [4.69, 9.17) is 4.74 Å². The molecule has 0 spiro atoms. The Balaban J connectivity index is 1.25. The van der Waals surface area contributed by atoms with Crippen molar-refractivity contribution in [3.8, 4) is 5.75 Å². The van der Waals surface area contributed by atoms with E-state index in [2.05, 4.69) is 40.2 Å². The highest BCUT2D eigenvalue weighted by Crippen LogP contribution is 2.40. The fourth-order valence-electron chi connectivity index (χ4n) is 4.49. The van der Waals surface area contributed by atoms with Gasteiger partial charge in [0.25, 0.3) is 5.91 Å². The Hall–Kier alpha value is -3.02. The van der Waals surface area contributed by atoms with Crippen molar-refractivity contribution < 1.29 is 14.3 Å². The molecule has 0 aliphatic heterocycles. The third-order valence-electron chi connectivity index (χ3n) is 6.57. The van der Waals surface area contributed by atoms with Crippen molar-refractivity contribution in [3.63, 3.8) is 0 Å². The number of urea groups is 1. The van der Waals surface area contributed by atoms with Gasteiger partial charge >= 0.3 is 6.03 Å². The first-order valence-electron chi connectivity index (χ1n) is 11.7. The van der Waals surface area contributed by atoms with E-state index in [1.807, 2.05) is 37.3 Å². The van der Waals surface area contributed by atoms with Crippen molar-refractivity contribution in [2.24, 2.45) is 0 Å². The molecule has 0 saturated heterocycles. The number of carbonyl (C=O) groups is 2. The van der Waals surface area contributed by atoms with Crippen molar-refractivity contribution >= 4 is 11.9 Å². The lowest BCUT2D eigenvalue weighted by Crippen LogP contribution is -2.44. The predicted molar refractivity (Wildman–Crippen MR) is 125 cm³/mol. The zero-order valence-corrected chi connectivity index (χ0v) is 18.7. The maximum absolute atomic E-state index is 12.6. The largest absolute Gasteiger partial charge is 0.484 e. The average Bonchev–Trinajstić information content (AvgIpc) is 3.49. The summed E-state index contributed by atoms with van der Waals surface area (Å²) in [6, 6.07) is 18.1. The van der Waals surface area contributed by atoms with Crippen LogP contribution in [0.5, 0.6) is 5.75 Å². The molecule has 6 heteroatoms. The quantitative estimate of drug-likeness (QED) is 0.552. The predicted octanol–water partition coefficient (Wildman–Crippen LogP) is 4.22.